The second-order valence-corrected chi connectivity index (χ2v) is 5.84. The van der Waals surface area contributed by atoms with Crippen molar-refractivity contribution in [2.45, 2.75) is 19.6 Å². The van der Waals surface area contributed by atoms with Gasteiger partial charge in [0.05, 0.1) is 12.9 Å². The quantitative estimate of drug-likeness (QED) is 0.881. The first-order valence-corrected chi connectivity index (χ1v) is 7.53. The van der Waals surface area contributed by atoms with Crippen LogP contribution in [0, 0.1) is 5.92 Å². The number of aromatic nitrogens is 2. The summed E-state index contributed by atoms with van der Waals surface area (Å²) in [6.45, 7) is 4.36. The molecule has 0 fully saturated rings. The van der Waals surface area contributed by atoms with Crippen LogP contribution in [0.15, 0.2) is 22.7 Å². The molecule has 0 amide bonds. The van der Waals surface area contributed by atoms with E-state index in [-0.39, 0.29) is 5.75 Å². The molecule has 20 heavy (non-hydrogen) atoms. The Kier molecular flexibility index (Phi) is 4.89. The Morgan fingerprint density at radius 1 is 1.40 bits per heavy atom. The summed E-state index contributed by atoms with van der Waals surface area (Å²) in [5.41, 5.74) is 0.729. The molecule has 6 heteroatoms. The highest BCUT2D eigenvalue weighted by atomic mass is 32.2. The Hall–Kier alpha value is -1.69. The topological polar surface area (TPSA) is 68.4 Å². The summed E-state index contributed by atoms with van der Waals surface area (Å²) in [5, 5.41) is 13.5. The summed E-state index contributed by atoms with van der Waals surface area (Å²) in [5.74, 6) is 4.03. The minimum atomic E-state index is 0.0866. The van der Waals surface area contributed by atoms with E-state index in [0.717, 1.165) is 17.1 Å². The van der Waals surface area contributed by atoms with Crippen LogP contribution in [0.4, 0.5) is 0 Å². The summed E-state index contributed by atoms with van der Waals surface area (Å²) in [7, 11) is 1.50. The Balaban J connectivity index is 2.08. The minimum Gasteiger partial charge on any atom is -0.504 e. The van der Waals surface area contributed by atoms with E-state index in [0.29, 0.717) is 23.4 Å². The minimum absolute atomic E-state index is 0.0866. The number of ether oxygens (including phenoxy) is 1. The molecular formula is C14H18N2O3S. The van der Waals surface area contributed by atoms with Crippen LogP contribution in [0.2, 0.25) is 0 Å². The van der Waals surface area contributed by atoms with Gasteiger partial charge >= 0.3 is 0 Å². The molecule has 1 aromatic heterocycles. The molecule has 0 unspecified atom stereocenters. The van der Waals surface area contributed by atoms with Crippen molar-refractivity contribution in [2.75, 3.05) is 12.9 Å². The fourth-order valence-corrected chi connectivity index (χ4v) is 2.52. The van der Waals surface area contributed by atoms with Crippen molar-refractivity contribution in [3.63, 3.8) is 0 Å². The van der Waals surface area contributed by atoms with Crippen LogP contribution in [0.25, 0.3) is 11.5 Å². The van der Waals surface area contributed by atoms with Gasteiger partial charge in [0.15, 0.2) is 17.3 Å². The molecule has 0 spiro atoms. The zero-order chi connectivity index (χ0) is 14.5. The van der Waals surface area contributed by atoms with Gasteiger partial charge in [0.1, 0.15) is 0 Å². The average Bonchev–Trinajstić information content (AvgIpc) is 2.87. The Morgan fingerprint density at radius 2 is 2.20 bits per heavy atom. The van der Waals surface area contributed by atoms with Gasteiger partial charge in [0, 0.05) is 5.56 Å². The number of aromatic hydroxyl groups is 1. The lowest BCUT2D eigenvalue weighted by molar-refractivity contribution is 0.373. The van der Waals surface area contributed by atoms with Crippen LogP contribution in [-0.4, -0.2) is 28.1 Å². The van der Waals surface area contributed by atoms with Crippen molar-refractivity contribution < 1.29 is 14.4 Å². The third kappa shape index (κ3) is 3.66. The second-order valence-electron chi connectivity index (χ2n) is 4.81. The summed E-state index contributed by atoms with van der Waals surface area (Å²) in [6, 6.07) is 4.94. The number of hydrogen-bond donors (Lipinski definition) is 1. The first kappa shape index (κ1) is 14.7. The fraction of sp³-hybridized carbons (Fsp3) is 0.429. The third-order valence-corrected chi connectivity index (χ3v) is 3.94. The van der Waals surface area contributed by atoms with Gasteiger partial charge in [-0.3, -0.25) is 0 Å². The van der Waals surface area contributed by atoms with Gasteiger partial charge in [-0.2, -0.15) is 16.7 Å². The molecule has 108 valence electrons. The van der Waals surface area contributed by atoms with Gasteiger partial charge in [0.2, 0.25) is 0 Å². The molecule has 0 bridgehead atoms. The van der Waals surface area contributed by atoms with Gasteiger partial charge in [-0.15, -0.1) is 0 Å². The highest BCUT2D eigenvalue weighted by molar-refractivity contribution is 7.98. The predicted octanol–water partition coefficient (Wildman–Crippen LogP) is 3.34. The van der Waals surface area contributed by atoms with Crippen LogP contribution in [0.1, 0.15) is 19.7 Å². The lowest BCUT2D eigenvalue weighted by Crippen LogP contribution is -1.92. The highest BCUT2D eigenvalue weighted by Crippen LogP contribution is 2.30. The number of phenols is 1. The molecule has 1 heterocycles. The molecule has 2 rings (SSSR count). The number of rotatable bonds is 6. The Morgan fingerprint density at radius 3 is 2.90 bits per heavy atom. The molecule has 1 aromatic carbocycles. The smallest absolute Gasteiger partial charge is 0.258 e. The summed E-state index contributed by atoms with van der Waals surface area (Å²) in [6.07, 6.45) is 0. The Bertz CT molecular complexity index is 569. The van der Waals surface area contributed by atoms with Gasteiger partial charge in [-0.05, 0) is 29.9 Å². The SMILES string of the molecule is COc1cc(-c2nc(CSCC(C)C)no2)ccc1O. The molecule has 5 nitrogen and oxygen atoms in total. The maximum absolute atomic E-state index is 9.56. The number of nitrogens with zero attached hydrogens (tertiary/aromatic N) is 2. The monoisotopic (exact) mass is 294 g/mol. The van der Waals surface area contributed by atoms with Crippen molar-refractivity contribution in [1.82, 2.24) is 10.1 Å². The van der Waals surface area contributed by atoms with Gasteiger partial charge in [-0.25, -0.2) is 0 Å². The second kappa shape index (κ2) is 6.65. The van der Waals surface area contributed by atoms with E-state index in [1.807, 2.05) is 0 Å². The van der Waals surface area contributed by atoms with E-state index in [1.54, 1.807) is 30.0 Å². The predicted molar refractivity (Wildman–Crippen MR) is 79.0 cm³/mol. The van der Waals surface area contributed by atoms with Crippen molar-refractivity contribution in [2.24, 2.45) is 5.92 Å². The molecule has 0 radical (unpaired) electrons. The van der Waals surface area contributed by atoms with Gasteiger partial charge < -0.3 is 14.4 Å². The largest absolute Gasteiger partial charge is 0.504 e. The van der Waals surface area contributed by atoms with Crippen LogP contribution in [-0.2, 0) is 5.75 Å². The lowest BCUT2D eigenvalue weighted by atomic mass is 10.2. The third-order valence-electron chi connectivity index (χ3n) is 2.58. The number of hydrogen-bond acceptors (Lipinski definition) is 6. The van der Waals surface area contributed by atoms with E-state index in [4.69, 9.17) is 9.26 Å². The van der Waals surface area contributed by atoms with E-state index in [9.17, 15) is 5.11 Å². The maximum Gasteiger partial charge on any atom is 0.258 e. The molecule has 0 saturated heterocycles. The average molecular weight is 294 g/mol. The van der Waals surface area contributed by atoms with Crippen LogP contribution in [0.3, 0.4) is 0 Å². The zero-order valence-electron chi connectivity index (χ0n) is 11.8. The van der Waals surface area contributed by atoms with E-state index in [1.165, 1.54) is 7.11 Å². The maximum atomic E-state index is 9.56. The lowest BCUT2D eigenvalue weighted by Gasteiger charge is -2.03. The molecule has 2 aromatic rings. The standard InChI is InChI=1S/C14H18N2O3S/c1-9(2)7-20-8-13-15-14(19-16-13)10-4-5-11(17)12(6-10)18-3/h4-6,9,17H,7-8H2,1-3H3. The highest BCUT2D eigenvalue weighted by Gasteiger charge is 2.11. The summed E-state index contributed by atoms with van der Waals surface area (Å²) >= 11 is 1.78. The molecule has 1 N–H and O–H groups in total. The number of methoxy groups -OCH3 is 1. The van der Waals surface area contributed by atoms with Crippen LogP contribution < -0.4 is 4.74 Å². The van der Waals surface area contributed by atoms with Crippen molar-refractivity contribution in [1.29, 1.82) is 0 Å². The van der Waals surface area contributed by atoms with Gasteiger partial charge in [-0.1, -0.05) is 19.0 Å². The summed E-state index contributed by atoms with van der Waals surface area (Å²) in [4.78, 5) is 4.35. The zero-order valence-corrected chi connectivity index (χ0v) is 12.6. The molecule has 0 aliphatic rings. The number of phenolic OH excluding ortho intramolecular Hbond substituents is 1. The van der Waals surface area contributed by atoms with E-state index < -0.39 is 0 Å². The summed E-state index contributed by atoms with van der Waals surface area (Å²) < 4.78 is 10.3. The van der Waals surface area contributed by atoms with E-state index in [2.05, 4.69) is 24.0 Å². The molecular weight excluding hydrogens is 276 g/mol. The van der Waals surface area contributed by atoms with Crippen molar-refractivity contribution >= 4 is 11.8 Å². The Labute approximate surface area is 122 Å². The first-order valence-electron chi connectivity index (χ1n) is 6.38. The van der Waals surface area contributed by atoms with Crippen LogP contribution in [0.5, 0.6) is 11.5 Å². The number of benzene rings is 1. The molecule has 0 saturated carbocycles. The fourth-order valence-electron chi connectivity index (χ4n) is 1.63. The molecule has 0 aliphatic heterocycles. The molecule has 0 aliphatic carbocycles. The first-order chi connectivity index (χ1) is 9.60. The molecule has 0 atom stereocenters. The van der Waals surface area contributed by atoms with Gasteiger partial charge in [0.25, 0.3) is 5.89 Å². The van der Waals surface area contributed by atoms with Crippen molar-refractivity contribution in [3.05, 3.63) is 24.0 Å². The normalized spacial score (nSPS) is 11.0. The van der Waals surface area contributed by atoms with E-state index >= 15 is 0 Å². The van der Waals surface area contributed by atoms with Crippen molar-refractivity contribution in [3.8, 4) is 23.0 Å². The number of thioether (sulfide) groups is 1. The van der Waals surface area contributed by atoms with Crippen LogP contribution >= 0.6 is 11.8 Å².